The summed E-state index contributed by atoms with van der Waals surface area (Å²) in [6, 6.07) is 1.92. The lowest BCUT2D eigenvalue weighted by Crippen LogP contribution is -2.60. The number of hydrogen-bond acceptors (Lipinski definition) is 4. The lowest BCUT2D eigenvalue weighted by molar-refractivity contribution is -0.134. The summed E-state index contributed by atoms with van der Waals surface area (Å²) in [6.07, 6.45) is 7.47. The number of aromatic nitrogens is 2. The molecule has 0 spiro atoms. The molecule has 1 atom stereocenters. The van der Waals surface area contributed by atoms with Gasteiger partial charge in [-0.15, -0.1) is 0 Å². The molecule has 24 heavy (non-hydrogen) atoms. The van der Waals surface area contributed by atoms with Gasteiger partial charge in [0.05, 0.1) is 18.7 Å². The normalized spacial score (nSPS) is 22.8. The number of rotatable bonds is 4. The Balaban J connectivity index is 1.70. The minimum atomic E-state index is -0.970. The van der Waals surface area contributed by atoms with Crippen molar-refractivity contribution in [3.05, 3.63) is 41.9 Å². The summed E-state index contributed by atoms with van der Waals surface area (Å²) >= 11 is 0. The van der Waals surface area contributed by atoms with Gasteiger partial charge in [-0.2, -0.15) is 10.1 Å². The van der Waals surface area contributed by atoms with Gasteiger partial charge in [0, 0.05) is 18.9 Å². The van der Waals surface area contributed by atoms with E-state index in [0.29, 0.717) is 18.9 Å². The van der Waals surface area contributed by atoms with Crippen LogP contribution >= 0.6 is 0 Å². The lowest BCUT2D eigenvalue weighted by atomic mass is 9.90. The number of fused-ring (bicyclic) bond motifs is 1. The number of carbonyl (C=O) groups excluding carboxylic acids is 2. The summed E-state index contributed by atoms with van der Waals surface area (Å²) in [7, 11) is 0. The molecule has 7 heteroatoms. The van der Waals surface area contributed by atoms with Crippen molar-refractivity contribution in [2.24, 2.45) is 4.99 Å². The zero-order valence-corrected chi connectivity index (χ0v) is 14.1. The van der Waals surface area contributed by atoms with E-state index in [1.807, 2.05) is 44.5 Å². The van der Waals surface area contributed by atoms with Crippen LogP contribution in [0.25, 0.3) is 0 Å². The Labute approximate surface area is 140 Å². The van der Waals surface area contributed by atoms with Crippen molar-refractivity contribution >= 4 is 17.6 Å². The minimum absolute atomic E-state index is 0.0560. The first-order valence-electron chi connectivity index (χ1n) is 7.94. The molecule has 0 radical (unpaired) electrons. The first-order valence-corrected chi connectivity index (χ1v) is 7.94. The molecule has 3 rings (SSSR count). The van der Waals surface area contributed by atoms with Crippen LogP contribution in [0.4, 0.5) is 0 Å². The van der Waals surface area contributed by atoms with Crippen molar-refractivity contribution in [2.45, 2.75) is 39.3 Å². The molecule has 126 valence electrons. The highest BCUT2D eigenvalue weighted by Crippen LogP contribution is 2.29. The summed E-state index contributed by atoms with van der Waals surface area (Å²) in [5.74, 6) is 0.0530. The van der Waals surface area contributed by atoms with Crippen molar-refractivity contribution in [2.75, 3.05) is 6.54 Å². The monoisotopic (exact) mass is 327 g/mol. The number of allylic oxidation sites excluding steroid dienone is 2. The Hall–Kier alpha value is -2.70. The number of amidine groups is 1. The van der Waals surface area contributed by atoms with E-state index in [1.165, 1.54) is 0 Å². The van der Waals surface area contributed by atoms with Crippen molar-refractivity contribution in [3.63, 3.8) is 0 Å². The van der Waals surface area contributed by atoms with Gasteiger partial charge in [0.25, 0.3) is 5.91 Å². The third-order valence-corrected chi connectivity index (χ3v) is 4.25. The number of amides is 2. The molecule has 7 nitrogen and oxygen atoms in total. The molecular formula is C17H21N5O2. The average molecular weight is 327 g/mol. The molecule has 1 aromatic heterocycles. The fourth-order valence-corrected chi connectivity index (χ4v) is 2.89. The highest BCUT2D eigenvalue weighted by atomic mass is 16.2. The minimum Gasteiger partial charge on any atom is -0.352 e. The summed E-state index contributed by atoms with van der Waals surface area (Å²) < 4.78 is 1.78. The van der Waals surface area contributed by atoms with Crippen LogP contribution in [0.5, 0.6) is 0 Å². The van der Waals surface area contributed by atoms with E-state index >= 15 is 0 Å². The Kier molecular flexibility index (Phi) is 4.09. The van der Waals surface area contributed by atoms with Gasteiger partial charge < -0.3 is 10.2 Å². The maximum Gasteiger partial charge on any atom is 0.250 e. The van der Waals surface area contributed by atoms with Crippen molar-refractivity contribution in [1.82, 2.24) is 20.0 Å². The number of hydrogen-bond donors (Lipinski definition) is 1. The first-order chi connectivity index (χ1) is 11.4. The maximum absolute atomic E-state index is 12.8. The molecule has 2 aliphatic heterocycles. The Morgan fingerprint density at radius 3 is 2.92 bits per heavy atom. The van der Waals surface area contributed by atoms with Crippen LogP contribution in [0.1, 0.15) is 26.0 Å². The first kappa shape index (κ1) is 16.2. The smallest absolute Gasteiger partial charge is 0.250 e. The second-order valence-corrected chi connectivity index (χ2v) is 6.36. The summed E-state index contributed by atoms with van der Waals surface area (Å²) in [4.78, 5) is 30.6. The van der Waals surface area contributed by atoms with E-state index in [1.54, 1.807) is 16.5 Å². The molecule has 0 saturated heterocycles. The van der Waals surface area contributed by atoms with Gasteiger partial charge >= 0.3 is 0 Å². The van der Waals surface area contributed by atoms with Gasteiger partial charge in [-0.1, -0.05) is 0 Å². The summed E-state index contributed by atoms with van der Waals surface area (Å²) in [5, 5.41) is 7.20. The van der Waals surface area contributed by atoms with Crippen LogP contribution in [0.15, 0.2) is 41.2 Å². The average Bonchev–Trinajstić information content (AvgIpc) is 2.91. The van der Waals surface area contributed by atoms with E-state index in [4.69, 9.17) is 0 Å². The molecule has 0 aliphatic carbocycles. The van der Waals surface area contributed by atoms with E-state index < -0.39 is 5.54 Å². The van der Waals surface area contributed by atoms with Crippen LogP contribution in [-0.4, -0.2) is 44.4 Å². The Morgan fingerprint density at radius 2 is 2.21 bits per heavy atom. The van der Waals surface area contributed by atoms with Gasteiger partial charge in [0.1, 0.15) is 11.4 Å². The van der Waals surface area contributed by atoms with Gasteiger partial charge in [0.15, 0.2) is 0 Å². The number of aryl methyl sites for hydroxylation is 1. The maximum atomic E-state index is 12.8. The van der Waals surface area contributed by atoms with Crippen molar-refractivity contribution in [1.29, 1.82) is 0 Å². The largest absolute Gasteiger partial charge is 0.352 e. The van der Waals surface area contributed by atoms with Crippen LogP contribution in [0.2, 0.25) is 0 Å². The van der Waals surface area contributed by atoms with Crippen LogP contribution in [0.3, 0.4) is 0 Å². The molecule has 2 aliphatic rings. The van der Waals surface area contributed by atoms with Gasteiger partial charge in [0.2, 0.25) is 5.91 Å². The number of aliphatic imine (C=N–C) groups is 1. The predicted octanol–water partition coefficient (Wildman–Crippen LogP) is 1.17. The fraction of sp³-hybridized carbons (Fsp3) is 0.412. The fourth-order valence-electron chi connectivity index (χ4n) is 2.89. The highest BCUT2D eigenvalue weighted by Gasteiger charge is 2.45. The SMILES string of the molecule is CC1=CC2=NC(=O)C[C@@](C)(C(=O)NCCn3ccc(C)n3)N2C=C1. The molecule has 1 N–H and O–H groups in total. The molecule has 1 aromatic rings. The number of nitrogens with one attached hydrogen (secondary N) is 1. The molecule has 0 unspecified atom stereocenters. The molecule has 0 aromatic carbocycles. The van der Waals surface area contributed by atoms with Crippen LogP contribution in [-0.2, 0) is 16.1 Å². The van der Waals surface area contributed by atoms with E-state index in [0.717, 1.165) is 11.3 Å². The Bertz CT molecular complexity index is 774. The molecule has 3 heterocycles. The van der Waals surface area contributed by atoms with E-state index in [9.17, 15) is 9.59 Å². The number of nitrogens with zero attached hydrogens (tertiary/aromatic N) is 4. The van der Waals surface area contributed by atoms with Gasteiger partial charge in [-0.25, -0.2) is 0 Å². The number of carbonyl (C=O) groups is 2. The lowest BCUT2D eigenvalue weighted by Gasteiger charge is -2.42. The standard InChI is InChI=1S/C17H21N5O2/c1-12-4-8-22-14(10-12)19-15(23)11-17(22,3)16(24)18-6-9-21-7-5-13(2)20-21/h4-5,7-8,10H,6,9,11H2,1-3H3,(H,18,24)/t17-/m0/s1. The molecule has 0 saturated carbocycles. The van der Waals surface area contributed by atoms with E-state index in [2.05, 4.69) is 15.4 Å². The van der Waals surface area contributed by atoms with E-state index in [-0.39, 0.29) is 18.2 Å². The second kappa shape index (κ2) is 6.07. The third kappa shape index (κ3) is 3.02. The van der Waals surface area contributed by atoms with Gasteiger partial charge in [-0.05, 0) is 44.6 Å². The zero-order valence-electron chi connectivity index (χ0n) is 14.1. The molecule has 2 amide bonds. The van der Waals surface area contributed by atoms with Crippen molar-refractivity contribution in [3.8, 4) is 0 Å². The highest BCUT2D eigenvalue weighted by molar-refractivity contribution is 6.09. The Morgan fingerprint density at radius 1 is 1.42 bits per heavy atom. The quantitative estimate of drug-likeness (QED) is 0.900. The summed E-state index contributed by atoms with van der Waals surface area (Å²) in [6.45, 7) is 6.65. The second-order valence-electron chi connectivity index (χ2n) is 6.36. The third-order valence-electron chi connectivity index (χ3n) is 4.25. The molecular weight excluding hydrogens is 306 g/mol. The van der Waals surface area contributed by atoms with Crippen molar-refractivity contribution < 1.29 is 9.59 Å². The predicted molar refractivity (Wildman–Crippen MR) is 90.2 cm³/mol. The summed E-state index contributed by atoms with van der Waals surface area (Å²) in [5.41, 5.74) is 0.964. The molecule has 0 fully saturated rings. The topological polar surface area (TPSA) is 79.6 Å². The molecule has 0 bridgehead atoms. The zero-order chi connectivity index (χ0) is 17.3. The van der Waals surface area contributed by atoms with Crippen LogP contribution in [0, 0.1) is 6.92 Å². The van der Waals surface area contributed by atoms with Gasteiger partial charge in [-0.3, -0.25) is 14.3 Å². The van der Waals surface area contributed by atoms with Crippen LogP contribution < -0.4 is 5.32 Å².